The molecule has 5 nitrogen and oxygen atoms in total. The maximum Gasteiger partial charge on any atom is 0.239 e. The van der Waals surface area contributed by atoms with Crippen molar-refractivity contribution in [2.24, 2.45) is 5.73 Å². The molecule has 1 unspecified atom stereocenters. The minimum absolute atomic E-state index is 0.136. The molecule has 1 rings (SSSR count). The van der Waals surface area contributed by atoms with Crippen LogP contribution in [0.2, 0.25) is 0 Å². The van der Waals surface area contributed by atoms with Gasteiger partial charge in [-0.2, -0.15) is 0 Å². The average Bonchev–Trinajstić information content (AvgIpc) is 2.29. The van der Waals surface area contributed by atoms with Crippen molar-refractivity contribution in [2.45, 2.75) is 31.2 Å². The van der Waals surface area contributed by atoms with Gasteiger partial charge in [0.2, 0.25) is 5.91 Å². The van der Waals surface area contributed by atoms with Gasteiger partial charge in [-0.15, -0.1) is 0 Å². The molecule has 0 heterocycles. The lowest BCUT2D eigenvalue weighted by Crippen LogP contribution is -2.32. The highest BCUT2D eigenvalue weighted by Gasteiger charge is 2.13. The van der Waals surface area contributed by atoms with Crippen LogP contribution in [0.1, 0.15) is 20.3 Å². The number of nitrogens with one attached hydrogen (secondary N) is 1. The van der Waals surface area contributed by atoms with Gasteiger partial charge in [0.05, 0.1) is 10.6 Å². The molecule has 0 spiro atoms. The second-order valence-corrected chi connectivity index (χ2v) is 6.22. The Morgan fingerprint density at radius 3 is 2.33 bits per heavy atom. The summed E-state index contributed by atoms with van der Waals surface area (Å²) in [4.78, 5) is 11.2. The van der Waals surface area contributed by atoms with E-state index in [0.717, 1.165) is 0 Å². The van der Waals surface area contributed by atoms with E-state index >= 15 is 0 Å². The van der Waals surface area contributed by atoms with Crippen molar-refractivity contribution in [3.8, 4) is 0 Å². The zero-order chi connectivity index (χ0) is 13.8. The van der Waals surface area contributed by atoms with Gasteiger partial charge in [-0.25, -0.2) is 8.42 Å². The molecule has 18 heavy (non-hydrogen) atoms. The maximum atomic E-state index is 11.8. The molecule has 0 fully saturated rings. The minimum atomic E-state index is -3.19. The zero-order valence-corrected chi connectivity index (χ0v) is 11.3. The molecule has 3 N–H and O–H groups in total. The van der Waals surface area contributed by atoms with E-state index in [9.17, 15) is 13.2 Å². The highest BCUT2D eigenvalue weighted by Crippen LogP contribution is 2.16. The third-order valence-electron chi connectivity index (χ3n) is 2.50. The third kappa shape index (κ3) is 3.73. The molecule has 0 aliphatic heterocycles. The fourth-order valence-electron chi connectivity index (χ4n) is 1.47. The Morgan fingerprint density at radius 2 is 1.89 bits per heavy atom. The lowest BCUT2D eigenvalue weighted by atomic mass is 10.2. The van der Waals surface area contributed by atoms with Gasteiger partial charge in [-0.3, -0.25) is 4.79 Å². The van der Waals surface area contributed by atoms with Crippen LogP contribution in [0.5, 0.6) is 0 Å². The number of rotatable bonds is 6. The molecule has 1 aromatic carbocycles. The minimum Gasteiger partial charge on any atom is -0.374 e. The lowest BCUT2D eigenvalue weighted by molar-refractivity contribution is -0.118. The summed E-state index contributed by atoms with van der Waals surface area (Å²) in [5.41, 5.74) is 5.79. The number of hydrogen-bond donors (Lipinski definition) is 2. The first-order chi connectivity index (χ1) is 8.36. The van der Waals surface area contributed by atoms with Crippen molar-refractivity contribution in [1.29, 1.82) is 0 Å². The Kier molecular flexibility index (Phi) is 4.72. The van der Waals surface area contributed by atoms with Crippen LogP contribution in [0, 0.1) is 0 Å². The molecule has 1 atom stereocenters. The number of hydrogen-bond acceptors (Lipinski definition) is 4. The van der Waals surface area contributed by atoms with Crippen LogP contribution in [0.3, 0.4) is 0 Å². The Bertz CT molecular complexity index is 509. The van der Waals surface area contributed by atoms with Crippen molar-refractivity contribution >= 4 is 21.4 Å². The summed E-state index contributed by atoms with van der Waals surface area (Å²) in [5, 5.41) is 2.88. The maximum absolute atomic E-state index is 11.8. The number of carbonyl (C=O) groups is 1. The first-order valence-corrected chi connectivity index (χ1v) is 7.40. The van der Waals surface area contributed by atoms with Gasteiger partial charge in [0, 0.05) is 5.69 Å². The van der Waals surface area contributed by atoms with Crippen LogP contribution >= 0.6 is 0 Å². The van der Waals surface area contributed by atoms with E-state index in [1.54, 1.807) is 19.1 Å². The molecule has 1 amide bonds. The van der Waals surface area contributed by atoms with Gasteiger partial charge < -0.3 is 11.1 Å². The van der Waals surface area contributed by atoms with Crippen LogP contribution < -0.4 is 11.1 Å². The first-order valence-electron chi connectivity index (χ1n) is 5.75. The summed E-state index contributed by atoms with van der Waals surface area (Å²) in [6, 6.07) is 5.81. The second kappa shape index (κ2) is 5.86. The lowest BCUT2D eigenvalue weighted by Gasteiger charge is -2.12. The predicted molar refractivity (Wildman–Crippen MR) is 71.1 cm³/mol. The van der Waals surface area contributed by atoms with Crippen LogP contribution in [-0.2, 0) is 14.6 Å². The Balaban J connectivity index is 2.84. The molecular weight excluding hydrogens is 252 g/mol. The van der Waals surface area contributed by atoms with Crippen LogP contribution in [0.4, 0.5) is 5.69 Å². The summed E-state index contributed by atoms with van der Waals surface area (Å²) in [6.07, 6.45) is 0.584. The van der Waals surface area contributed by atoms with E-state index in [4.69, 9.17) is 5.73 Å². The van der Waals surface area contributed by atoms with Crippen molar-refractivity contribution in [2.75, 3.05) is 11.1 Å². The fourth-order valence-corrected chi connectivity index (χ4v) is 2.79. The second-order valence-electron chi connectivity index (χ2n) is 4.11. The number of amides is 1. The van der Waals surface area contributed by atoms with E-state index in [0.29, 0.717) is 17.0 Å². The van der Waals surface area contributed by atoms with Gasteiger partial charge >= 0.3 is 0 Å². The van der Waals surface area contributed by atoms with Gasteiger partial charge in [-0.05, 0) is 37.6 Å². The summed E-state index contributed by atoms with van der Waals surface area (Å²) >= 11 is 0. The molecule has 0 radical (unpaired) electrons. The highest BCUT2D eigenvalue weighted by atomic mass is 32.2. The summed E-state index contributed by atoms with van der Waals surface area (Å²) < 4.78 is 23.6. The smallest absolute Gasteiger partial charge is 0.239 e. The van der Waals surface area contributed by atoms with Crippen LogP contribution in [0.25, 0.3) is 0 Å². The SMILES string of the molecule is CCCS(=O)(=O)c1ccc(NC(C)C(N)=O)cc1. The van der Waals surface area contributed by atoms with Crippen LogP contribution in [0.15, 0.2) is 29.2 Å². The normalized spacial score (nSPS) is 13.0. The Hall–Kier alpha value is -1.56. The third-order valence-corrected chi connectivity index (χ3v) is 4.43. The molecule has 0 saturated carbocycles. The summed E-state index contributed by atoms with van der Waals surface area (Å²) in [7, 11) is -3.19. The van der Waals surface area contributed by atoms with Gasteiger partial charge in [-0.1, -0.05) is 6.92 Å². The van der Waals surface area contributed by atoms with E-state index in [2.05, 4.69) is 5.32 Å². The molecule has 1 aromatic rings. The molecule has 0 aliphatic rings. The van der Waals surface area contributed by atoms with Crippen molar-refractivity contribution < 1.29 is 13.2 Å². The highest BCUT2D eigenvalue weighted by molar-refractivity contribution is 7.91. The summed E-state index contributed by atoms with van der Waals surface area (Å²) in [6.45, 7) is 3.46. The van der Waals surface area contributed by atoms with Crippen molar-refractivity contribution in [3.63, 3.8) is 0 Å². The van der Waals surface area contributed by atoms with E-state index in [1.165, 1.54) is 12.1 Å². The average molecular weight is 270 g/mol. The van der Waals surface area contributed by atoms with E-state index < -0.39 is 21.8 Å². The summed E-state index contributed by atoms with van der Waals surface area (Å²) in [5.74, 6) is -0.324. The van der Waals surface area contributed by atoms with Crippen molar-refractivity contribution in [3.05, 3.63) is 24.3 Å². The predicted octanol–water partition coefficient (Wildman–Crippen LogP) is 1.16. The number of primary amides is 1. The molecule has 0 bridgehead atoms. The number of benzene rings is 1. The van der Waals surface area contributed by atoms with Crippen LogP contribution in [-0.4, -0.2) is 26.1 Å². The number of nitrogens with two attached hydrogens (primary N) is 1. The molecular formula is C12H18N2O3S. The Labute approximate surface area is 107 Å². The zero-order valence-electron chi connectivity index (χ0n) is 10.5. The number of sulfone groups is 1. The molecule has 0 aliphatic carbocycles. The van der Waals surface area contributed by atoms with E-state index in [1.807, 2.05) is 6.92 Å². The largest absolute Gasteiger partial charge is 0.374 e. The van der Waals surface area contributed by atoms with E-state index in [-0.39, 0.29) is 5.75 Å². The fraction of sp³-hybridized carbons (Fsp3) is 0.417. The molecule has 6 heteroatoms. The quantitative estimate of drug-likeness (QED) is 0.811. The van der Waals surface area contributed by atoms with Crippen molar-refractivity contribution in [1.82, 2.24) is 0 Å². The first kappa shape index (κ1) is 14.5. The van der Waals surface area contributed by atoms with Gasteiger partial charge in [0.15, 0.2) is 9.84 Å². The molecule has 0 saturated heterocycles. The molecule has 0 aromatic heterocycles. The standard InChI is InChI=1S/C12H18N2O3S/c1-3-8-18(16,17)11-6-4-10(5-7-11)14-9(2)12(13)15/h4-7,9,14H,3,8H2,1-2H3,(H2,13,15). The number of anilines is 1. The van der Waals surface area contributed by atoms with Gasteiger partial charge in [0.1, 0.15) is 6.04 Å². The number of carbonyl (C=O) groups excluding carboxylic acids is 1. The monoisotopic (exact) mass is 270 g/mol. The topological polar surface area (TPSA) is 89.3 Å². The Morgan fingerprint density at radius 1 is 1.33 bits per heavy atom. The molecule has 100 valence electrons. The van der Waals surface area contributed by atoms with Gasteiger partial charge in [0.25, 0.3) is 0 Å².